The first-order chi connectivity index (χ1) is 11.9. The first-order valence-corrected chi connectivity index (χ1v) is 8.48. The van der Waals surface area contributed by atoms with Crippen LogP contribution in [0.2, 0.25) is 0 Å². The molecule has 0 N–H and O–H groups in total. The Labute approximate surface area is 184 Å². The number of hydrogen-bond acceptors (Lipinski definition) is 10. The molecule has 0 atom stereocenters. The normalized spacial score (nSPS) is 9.48. The topological polar surface area (TPSA) is 105 Å². The molecule has 0 bridgehead atoms. The molecule has 27 heavy (non-hydrogen) atoms. The van der Waals surface area contributed by atoms with Crippen LogP contribution < -0.4 is 0 Å². The minimum atomic E-state index is -0.525. The van der Waals surface area contributed by atoms with Crippen molar-refractivity contribution in [1.82, 2.24) is 0 Å². The van der Waals surface area contributed by atoms with Crippen molar-refractivity contribution in [3.63, 3.8) is 0 Å². The minimum Gasteiger partial charge on any atom is -0.321 e. The van der Waals surface area contributed by atoms with Crippen LogP contribution in [-0.4, -0.2) is 45.4 Å². The zero-order chi connectivity index (χ0) is 20.9. The summed E-state index contributed by atoms with van der Waals surface area (Å²) in [5, 5.41) is -0.604. The van der Waals surface area contributed by atoms with Crippen molar-refractivity contribution in [2.75, 3.05) is 0 Å². The maximum absolute atomic E-state index is 11.0. The van der Waals surface area contributed by atoms with Gasteiger partial charge in [-0.05, 0) is 66.0 Å². The molecule has 0 aromatic rings. The molecule has 0 fully saturated rings. The predicted octanol–water partition coefficient (Wildman–Crippen LogP) is 2.43. The van der Waals surface area contributed by atoms with Crippen LogP contribution in [0.1, 0.15) is 54.4 Å². The summed E-state index contributed by atoms with van der Waals surface area (Å²) < 4.78 is 0. The molecule has 0 spiro atoms. The molecule has 0 saturated carbocycles. The van der Waals surface area contributed by atoms with Gasteiger partial charge in [0.05, 0.1) is 25.0 Å². The number of ketones is 4. The molecule has 0 radical (unpaired) electrons. The molecule has 0 aliphatic rings. The van der Waals surface area contributed by atoms with Gasteiger partial charge in [-0.25, -0.2) is 0 Å². The molecule has 11 heteroatoms. The Morgan fingerprint density at radius 3 is 1.15 bits per heavy atom. The molecule has 8 nitrogen and oxygen atoms in total. The molecule has 0 heterocycles. The minimum absolute atomic E-state index is 0. The van der Waals surface area contributed by atoms with Gasteiger partial charge >= 0.3 is 0 Å². The van der Waals surface area contributed by atoms with E-state index in [1.165, 1.54) is 13.8 Å². The largest absolute Gasteiger partial charge is 0.321 e. The van der Waals surface area contributed by atoms with Crippen LogP contribution in [-0.2, 0) is 60.4 Å². The van der Waals surface area contributed by atoms with Crippen LogP contribution in [0.15, 0.2) is 0 Å². The van der Waals surface area contributed by atoms with Crippen LogP contribution in [0.4, 0.5) is 0 Å². The molecule has 0 amide bonds. The van der Waals surface area contributed by atoms with E-state index in [4.69, 9.17) is 0 Å². The van der Waals surface area contributed by atoms with Gasteiger partial charge in [-0.1, -0.05) is 0 Å². The van der Waals surface area contributed by atoms with Crippen molar-refractivity contribution < 1.29 is 60.4 Å². The van der Waals surface area contributed by atoms with Gasteiger partial charge in [-0.3, -0.25) is 19.2 Å². The van der Waals surface area contributed by atoms with E-state index >= 15 is 0 Å². The average molecular weight is 456 g/mol. The third kappa shape index (κ3) is 21.3. The smallest absolute Gasteiger partial charge is 0.272 e. The van der Waals surface area contributed by atoms with E-state index in [0.717, 1.165) is 0 Å². The molecule has 0 aromatic heterocycles. The number of rotatable bonds is 10. The molecule has 0 rings (SSSR count). The first-order valence-electron chi connectivity index (χ1n) is 7.66. The third-order valence-electron chi connectivity index (χ3n) is 1.91. The molecule has 0 saturated heterocycles. The monoisotopic (exact) mass is 456 g/mol. The van der Waals surface area contributed by atoms with Gasteiger partial charge in [0.15, 0.2) is 0 Å². The van der Waals surface area contributed by atoms with E-state index in [0.29, 0.717) is 0 Å². The number of carbonyl (C=O) groups is 4. The average Bonchev–Trinajstić information content (AvgIpc) is 2.49. The molecule has 152 valence electrons. The molecule has 0 aliphatic heterocycles. The summed E-state index contributed by atoms with van der Waals surface area (Å²) in [6, 6.07) is 0. The van der Waals surface area contributed by atoms with Gasteiger partial charge < -0.3 is 9.78 Å². The summed E-state index contributed by atoms with van der Waals surface area (Å²) >= 11 is 9.13. The van der Waals surface area contributed by atoms with Crippen molar-refractivity contribution in [2.24, 2.45) is 0 Å². The van der Waals surface area contributed by atoms with Gasteiger partial charge in [0, 0.05) is 21.7 Å². The quantitative estimate of drug-likeness (QED) is 0.160. The van der Waals surface area contributed by atoms with E-state index in [2.05, 4.69) is 44.0 Å². The second-order valence-electron chi connectivity index (χ2n) is 5.64. The summed E-state index contributed by atoms with van der Waals surface area (Å²) in [6.07, 6.45) is -0.827. The summed E-state index contributed by atoms with van der Waals surface area (Å²) in [5.74, 6) is -1.55. The van der Waals surface area contributed by atoms with E-state index in [1.54, 1.807) is 27.7 Å². The van der Waals surface area contributed by atoms with Crippen LogP contribution in [0, 0.1) is 0 Å². The van der Waals surface area contributed by atoms with Gasteiger partial charge in [0.2, 0.25) is 11.6 Å². The molecule has 0 unspecified atom stereocenters. The van der Waals surface area contributed by atoms with Crippen molar-refractivity contribution in [2.45, 2.75) is 66.6 Å². The maximum Gasteiger partial charge on any atom is 0.272 e. The molecular weight excluding hydrogens is 432 g/mol. The summed E-state index contributed by atoms with van der Waals surface area (Å²) in [5.41, 5.74) is 0. The third-order valence-corrected chi connectivity index (χ3v) is 2.50. The van der Waals surface area contributed by atoms with Gasteiger partial charge in [0.25, 0.3) is 10.1 Å². The van der Waals surface area contributed by atoms with Crippen LogP contribution >= 0.6 is 24.4 Å². The predicted molar refractivity (Wildman–Crippen MR) is 100 cm³/mol. The van der Waals surface area contributed by atoms with Crippen molar-refractivity contribution >= 4 is 57.7 Å². The SMILES string of the molecule is CC(=O)CC(=O)C(=S)OOC(C)C.CC(=O)CC(=O)C(=S)OOC(C)C.[Ti]. The van der Waals surface area contributed by atoms with E-state index < -0.39 is 11.6 Å². The Bertz CT molecular complexity index is 499. The Kier molecular flexibility index (Phi) is 19.6. The summed E-state index contributed by atoms with van der Waals surface area (Å²) in [6.45, 7) is 9.56. The Morgan fingerprint density at radius 1 is 0.704 bits per heavy atom. The van der Waals surface area contributed by atoms with Crippen molar-refractivity contribution in [3.8, 4) is 0 Å². The maximum atomic E-state index is 11.0. The van der Waals surface area contributed by atoms with Crippen molar-refractivity contribution in [1.29, 1.82) is 0 Å². The second kappa shape index (κ2) is 17.2. The van der Waals surface area contributed by atoms with E-state index in [9.17, 15) is 19.2 Å². The van der Waals surface area contributed by atoms with Gasteiger partial charge in [-0.2, -0.15) is 9.78 Å². The number of thiocarbonyl (C=S) groups is 2. The van der Waals surface area contributed by atoms with Crippen LogP contribution in [0.3, 0.4) is 0 Å². The van der Waals surface area contributed by atoms with Gasteiger partial charge in [0.1, 0.15) is 11.6 Å². The molecule has 0 aromatic carbocycles. The fourth-order valence-electron chi connectivity index (χ4n) is 0.969. The summed E-state index contributed by atoms with van der Waals surface area (Å²) in [7, 11) is 0. The van der Waals surface area contributed by atoms with Crippen molar-refractivity contribution in [3.05, 3.63) is 0 Å². The number of Topliss-reactive ketones (excluding diaryl/α,β-unsaturated/α-hetero) is 4. The van der Waals surface area contributed by atoms with E-state index in [-0.39, 0.29) is 68.4 Å². The fraction of sp³-hybridized carbons (Fsp3) is 0.625. The molecular formula is C16H24O8S2Ti. The Hall–Kier alpha value is -0.906. The Balaban J connectivity index is -0.000000411. The zero-order valence-electron chi connectivity index (χ0n) is 16.2. The molecule has 0 aliphatic carbocycles. The Morgan fingerprint density at radius 2 is 0.963 bits per heavy atom. The van der Waals surface area contributed by atoms with Gasteiger partial charge in [-0.15, -0.1) is 0 Å². The fourth-order valence-corrected chi connectivity index (χ4v) is 1.19. The summed E-state index contributed by atoms with van der Waals surface area (Å²) in [4.78, 5) is 61.3. The second-order valence-corrected chi connectivity index (χ2v) is 6.38. The standard InChI is InChI=1S/2C8H12O4S.Ti/c2*1-5(2)11-12-8(13)7(10)4-6(3)9;/h2*5H,4H2,1-3H3;. The van der Waals surface area contributed by atoms with E-state index in [1.807, 2.05) is 0 Å². The zero-order valence-corrected chi connectivity index (χ0v) is 19.3. The first kappa shape index (κ1) is 30.8. The number of carbonyl (C=O) groups excluding carboxylic acids is 4. The number of hydrogen-bond donors (Lipinski definition) is 0. The van der Waals surface area contributed by atoms with Crippen LogP contribution in [0.25, 0.3) is 0 Å². The van der Waals surface area contributed by atoms with Crippen LogP contribution in [0.5, 0.6) is 0 Å².